The molecule has 0 saturated heterocycles. The first kappa shape index (κ1) is 21.3. The number of nitrogens with one attached hydrogen (secondary N) is 2. The van der Waals surface area contributed by atoms with E-state index in [9.17, 15) is 18.6 Å². The smallest absolute Gasteiger partial charge is 0.229 e. The third-order valence-corrected chi connectivity index (χ3v) is 6.00. The quantitative estimate of drug-likeness (QED) is 0.388. The number of aliphatic hydroxyl groups is 1. The minimum Gasteiger partial charge on any atom is -0.506 e. The van der Waals surface area contributed by atoms with Gasteiger partial charge in [0.05, 0.1) is 18.0 Å². The van der Waals surface area contributed by atoms with Crippen LogP contribution in [0, 0.1) is 0 Å². The molecule has 0 spiro atoms. The van der Waals surface area contributed by atoms with Crippen LogP contribution in [0.15, 0.2) is 66.0 Å². The van der Waals surface area contributed by atoms with Crippen LogP contribution < -0.4 is 10.0 Å². The Morgan fingerprint density at radius 3 is 2.48 bits per heavy atom. The van der Waals surface area contributed by atoms with Crippen LogP contribution in [0.4, 0.5) is 5.69 Å². The molecule has 0 aliphatic heterocycles. The van der Waals surface area contributed by atoms with E-state index in [-0.39, 0.29) is 24.0 Å². The van der Waals surface area contributed by atoms with E-state index >= 15 is 0 Å². The molecule has 0 radical (unpaired) electrons. The maximum atomic E-state index is 11.5. The lowest BCUT2D eigenvalue weighted by Crippen LogP contribution is -2.27. The minimum absolute atomic E-state index is 0.0396. The van der Waals surface area contributed by atoms with Crippen molar-refractivity contribution in [3.63, 3.8) is 0 Å². The van der Waals surface area contributed by atoms with Gasteiger partial charge >= 0.3 is 0 Å². The van der Waals surface area contributed by atoms with E-state index in [1.807, 2.05) is 29.6 Å². The number of phenols is 1. The molecule has 8 heteroatoms. The van der Waals surface area contributed by atoms with Crippen LogP contribution in [0.2, 0.25) is 0 Å². The molecule has 6 nitrogen and oxygen atoms in total. The standard InChI is InChI=1S/C21H24N2O4S2/c1-29(26,27)23-17-13-16(9-10-19(17)24)20(25)14-22-18(21-8-5-11-28-21)12-15-6-3-2-4-7-15/h2-11,13,18,20,22-25H,12,14H2,1H3. The summed E-state index contributed by atoms with van der Waals surface area (Å²) in [5.41, 5.74) is 1.74. The number of hydrogen-bond acceptors (Lipinski definition) is 6. The van der Waals surface area contributed by atoms with E-state index in [2.05, 4.69) is 28.2 Å². The molecule has 1 aromatic heterocycles. The van der Waals surface area contributed by atoms with Gasteiger partial charge in [-0.25, -0.2) is 8.42 Å². The lowest BCUT2D eigenvalue weighted by Gasteiger charge is -2.21. The van der Waals surface area contributed by atoms with Gasteiger partial charge < -0.3 is 15.5 Å². The van der Waals surface area contributed by atoms with Crippen molar-refractivity contribution in [3.8, 4) is 5.75 Å². The second-order valence-electron chi connectivity index (χ2n) is 6.83. The number of rotatable bonds is 9. The highest BCUT2D eigenvalue weighted by molar-refractivity contribution is 7.92. The summed E-state index contributed by atoms with van der Waals surface area (Å²) in [5.74, 6) is -0.195. The molecule has 2 atom stereocenters. The summed E-state index contributed by atoms with van der Waals surface area (Å²) in [5, 5.41) is 25.9. The lowest BCUT2D eigenvalue weighted by atomic mass is 10.0. The zero-order valence-corrected chi connectivity index (χ0v) is 17.6. The second-order valence-corrected chi connectivity index (χ2v) is 9.56. The summed E-state index contributed by atoms with van der Waals surface area (Å²) in [4.78, 5) is 1.17. The number of aliphatic hydroxyl groups excluding tert-OH is 1. The fraction of sp³-hybridized carbons (Fsp3) is 0.238. The molecule has 3 rings (SSSR count). The Balaban J connectivity index is 1.71. The minimum atomic E-state index is -3.54. The molecule has 154 valence electrons. The van der Waals surface area contributed by atoms with Crippen LogP contribution in [0.25, 0.3) is 0 Å². The Morgan fingerprint density at radius 1 is 1.07 bits per heavy atom. The largest absolute Gasteiger partial charge is 0.506 e. The Morgan fingerprint density at radius 2 is 1.83 bits per heavy atom. The molecular formula is C21H24N2O4S2. The van der Waals surface area contributed by atoms with Gasteiger partial charge in [-0.3, -0.25) is 4.72 Å². The van der Waals surface area contributed by atoms with Gasteiger partial charge in [-0.05, 0) is 41.1 Å². The highest BCUT2D eigenvalue weighted by atomic mass is 32.2. The van der Waals surface area contributed by atoms with Crippen LogP contribution in [0.1, 0.15) is 28.1 Å². The first-order valence-electron chi connectivity index (χ1n) is 9.11. The Kier molecular flexibility index (Phi) is 6.92. The molecule has 2 unspecified atom stereocenters. The van der Waals surface area contributed by atoms with Crippen LogP contribution in [0.5, 0.6) is 5.75 Å². The van der Waals surface area contributed by atoms with Gasteiger partial charge in [0.15, 0.2) is 0 Å². The van der Waals surface area contributed by atoms with Gasteiger partial charge in [-0.1, -0.05) is 42.5 Å². The summed E-state index contributed by atoms with van der Waals surface area (Å²) in [7, 11) is -3.54. The number of hydrogen-bond donors (Lipinski definition) is 4. The highest BCUT2D eigenvalue weighted by Gasteiger charge is 2.17. The van der Waals surface area contributed by atoms with Crippen LogP contribution in [0.3, 0.4) is 0 Å². The lowest BCUT2D eigenvalue weighted by molar-refractivity contribution is 0.170. The monoisotopic (exact) mass is 432 g/mol. The second kappa shape index (κ2) is 9.41. The van der Waals surface area contributed by atoms with Crippen LogP contribution in [-0.4, -0.2) is 31.4 Å². The molecule has 0 fully saturated rings. The summed E-state index contributed by atoms with van der Waals surface area (Å²) in [6.45, 7) is 0.276. The van der Waals surface area contributed by atoms with Gasteiger partial charge in [-0.15, -0.1) is 11.3 Å². The number of anilines is 1. The van der Waals surface area contributed by atoms with E-state index < -0.39 is 16.1 Å². The van der Waals surface area contributed by atoms with Gasteiger partial charge in [-0.2, -0.15) is 0 Å². The predicted molar refractivity (Wildman–Crippen MR) is 117 cm³/mol. The van der Waals surface area contributed by atoms with Crippen molar-refractivity contribution in [1.82, 2.24) is 5.32 Å². The topological polar surface area (TPSA) is 98.7 Å². The predicted octanol–water partition coefficient (Wildman–Crippen LogP) is 3.43. The van der Waals surface area contributed by atoms with Crippen molar-refractivity contribution in [3.05, 3.63) is 82.0 Å². The Labute approximate surface area is 174 Å². The highest BCUT2D eigenvalue weighted by Crippen LogP contribution is 2.29. The SMILES string of the molecule is CS(=O)(=O)Nc1cc(C(O)CNC(Cc2ccccc2)c2cccs2)ccc1O. The third kappa shape index (κ3) is 6.30. The molecule has 0 aliphatic carbocycles. The number of benzene rings is 2. The van der Waals surface area contributed by atoms with E-state index in [0.29, 0.717) is 5.56 Å². The first-order chi connectivity index (χ1) is 13.8. The fourth-order valence-electron chi connectivity index (χ4n) is 3.03. The average molecular weight is 433 g/mol. The average Bonchev–Trinajstić information content (AvgIpc) is 3.21. The summed E-state index contributed by atoms with van der Waals surface area (Å²) < 4.78 is 25.2. The molecule has 0 bridgehead atoms. The van der Waals surface area contributed by atoms with Crippen molar-refractivity contribution in [2.75, 3.05) is 17.5 Å². The van der Waals surface area contributed by atoms with Crippen molar-refractivity contribution in [1.29, 1.82) is 0 Å². The van der Waals surface area contributed by atoms with Crippen molar-refractivity contribution in [2.45, 2.75) is 18.6 Å². The molecule has 29 heavy (non-hydrogen) atoms. The van der Waals surface area contributed by atoms with Gasteiger partial charge in [0.1, 0.15) is 5.75 Å². The third-order valence-electron chi connectivity index (χ3n) is 4.43. The number of aromatic hydroxyl groups is 1. The molecule has 0 aliphatic rings. The summed E-state index contributed by atoms with van der Waals surface area (Å²) in [6.07, 6.45) is 0.922. The molecule has 2 aromatic carbocycles. The van der Waals surface area contributed by atoms with Crippen LogP contribution >= 0.6 is 11.3 Å². The molecule has 4 N–H and O–H groups in total. The number of thiophene rings is 1. The number of sulfonamides is 1. The molecule has 3 aromatic rings. The molecular weight excluding hydrogens is 408 g/mol. The first-order valence-corrected chi connectivity index (χ1v) is 11.9. The Hall–Kier alpha value is -2.39. The van der Waals surface area contributed by atoms with Crippen LogP contribution in [-0.2, 0) is 16.4 Å². The maximum absolute atomic E-state index is 11.5. The van der Waals surface area contributed by atoms with E-state index in [1.54, 1.807) is 17.4 Å². The van der Waals surface area contributed by atoms with Gasteiger partial charge in [0.2, 0.25) is 10.0 Å². The molecule has 0 saturated carbocycles. The van der Waals surface area contributed by atoms with Gasteiger partial charge in [0, 0.05) is 17.5 Å². The molecule has 1 heterocycles. The summed E-state index contributed by atoms with van der Waals surface area (Å²) >= 11 is 1.65. The van der Waals surface area contributed by atoms with Crippen molar-refractivity contribution in [2.24, 2.45) is 0 Å². The maximum Gasteiger partial charge on any atom is 0.229 e. The normalized spacial score (nSPS) is 13.7. The van der Waals surface area contributed by atoms with E-state index in [4.69, 9.17) is 0 Å². The Bertz CT molecular complexity index is 1020. The number of phenolic OH excluding ortho intramolecular Hbond substituents is 1. The molecule has 0 amide bonds. The fourth-order valence-corrected chi connectivity index (χ4v) is 4.39. The van der Waals surface area contributed by atoms with E-state index in [1.165, 1.54) is 22.6 Å². The zero-order valence-electron chi connectivity index (χ0n) is 15.9. The zero-order chi connectivity index (χ0) is 20.9. The van der Waals surface area contributed by atoms with Crippen molar-refractivity contribution < 1.29 is 18.6 Å². The van der Waals surface area contributed by atoms with Crippen molar-refractivity contribution >= 4 is 27.0 Å². The van der Waals surface area contributed by atoms with E-state index in [0.717, 1.165) is 12.7 Å². The van der Waals surface area contributed by atoms with Gasteiger partial charge in [0.25, 0.3) is 0 Å². The summed E-state index contributed by atoms with van der Waals surface area (Å²) in [6, 6.07) is 18.6.